The van der Waals surface area contributed by atoms with Crippen LogP contribution in [0.1, 0.15) is 50.9 Å². The Kier molecular flexibility index (Phi) is 3.85. The number of nitrogens with two attached hydrogens (primary N) is 1. The van der Waals surface area contributed by atoms with E-state index in [2.05, 4.69) is 38.3 Å². The number of rotatable bonds is 4. The van der Waals surface area contributed by atoms with Crippen molar-refractivity contribution >= 4 is 10.9 Å². The van der Waals surface area contributed by atoms with Crippen molar-refractivity contribution in [3.05, 3.63) is 29.5 Å². The summed E-state index contributed by atoms with van der Waals surface area (Å²) in [6.45, 7) is 9.36. The fraction of sp³-hybridized carbons (Fsp3) is 0.500. The average Bonchev–Trinajstić information content (AvgIpc) is 2.66. The van der Waals surface area contributed by atoms with E-state index in [1.807, 2.05) is 6.07 Å². The van der Waals surface area contributed by atoms with Crippen LogP contribution in [0, 0.1) is 0 Å². The zero-order chi connectivity index (χ0) is 14.2. The van der Waals surface area contributed by atoms with Crippen LogP contribution in [-0.4, -0.2) is 16.2 Å². The summed E-state index contributed by atoms with van der Waals surface area (Å²) in [5.41, 5.74) is 9.39. The molecule has 0 spiro atoms. The number of hydrogen-bond acceptors (Lipinski definition) is 2. The van der Waals surface area contributed by atoms with E-state index in [9.17, 15) is 5.11 Å². The maximum atomic E-state index is 10.2. The standard InChI is InChI=1S/C16H24N2O/c1-10(2)16-12(8-9-17)15-13(18(16)11(3)4)6-5-7-14(15)19/h5-7,10-11,19H,8-9,17H2,1-4H3. The molecule has 3 nitrogen and oxygen atoms in total. The quantitative estimate of drug-likeness (QED) is 0.883. The number of fused-ring (bicyclic) bond motifs is 1. The van der Waals surface area contributed by atoms with Gasteiger partial charge in [0.15, 0.2) is 0 Å². The van der Waals surface area contributed by atoms with Crippen molar-refractivity contribution in [1.82, 2.24) is 4.57 Å². The molecule has 2 aromatic rings. The highest BCUT2D eigenvalue weighted by Gasteiger charge is 2.22. The molecular weight excluding hydrogens is 236 g/mol. The van der Waals surface area contributed by atoms with Gasteiger partial charge in [-0.25, -0.2) is 0 Å². The Morgan fingerprint density at radius 3 is 2.42 bits per heavy atom. The van der Waals surface area contributed by atoms with Crippen LogP contribution in [0.4, 0.5) is 0 Å². The predicted octanol–water partition coefficient (Wildman–Crippen LogP) is 3.55. The fourth-order valence-corrected chi connectivity index (χ4v) is 3.02. The summed E-state index contributed by atoms with van der Waals surface area (Å²) in [6, 6.07) is 6.12. The third-order valence-electron chi connectivity index (χ3n) is 3.61. The molecule has 2 rings (SSSR count). The highest BCUT2D eigenvalue weighted by Crippen LogP contribution is 2.38. The highest BCUT2D eigenvalue weighted by atomic mass is 16.3. The third kappa shape index (κ3) is 2.23. The van der Waals surface area contributed by atoms with E-state index >= 15 is 0 Å². The molecule has 0 saturated heterocycles. The maximum Gasteiger partial charge on any atom is 0.125 e. The lowest BCUT2D eigenvalue weighted by Gasteiger charge is -2.18. The minimum Gasteiger partial charge on any atom is -0.507 e. The molecule has 3 N–H and O–H groups in total. The van der Waals surface area contributed by atoms with Gasteiger partial charge in [0.25, 0.3) is 0 Å². The minimum atomic E-state index is 0.363. The van der Waals surface area contributed by atoms with Gasteiger partial charge in [0.2, 0.25) is 0 Å². The minimum absolute atomic E-state index is 0.363. The zero-order valence-corrected chi connectivity index (χ0v) is 12.3. The van der Waals surface area contributed by atoms with Gasteiger partial charge in [-0.05, 0) is 50.4 Å². The first-order valence-corrected chi connectivity index (χ1v) is 7.03. The zero-order valence-electron chi connectivity index (χ0n) is 12.3. The lowest BCUT2D eigenvalue weighted by atomic mass is 10.0. The number of benzene rings is 1. The molecule has 1 aromatic carbocycles. The molecule has 3 heteroatoms. The van der Waals surface area contributed by atoms with Crippen molar-refractivity contribution in [1.29, 1.82) is 0 Å². The van der Waals surface area contributed by atoms with Gasteiger partial charge in [0.1, 0.15) is 5.75 Å². The molecule has 0 saturated carbocycles. The molecule has 0 radical (unpaired) electrons. The van der Waals surface area contributed by atoms with Gasteiger partial charge in [0.05, 0.1) is 5.52 Å². The average molecular weight is 260 g/mol. The molecular formula is C16H24N2O. The molecule has 0 aliphatic rings. The first-order valence-electron chi connectivity index (χ1n) is 7.03. The Morgan fingerprint density at radius 1 is 1.21 bits per heavy atom. The summed E-state index contributed by atoms with van der Waals surface area (Å²) < 4.78 is 2.34. The van der Waals surface area contributed by atoms with E-state index in [-0.39, 0.29) is 0 Å². The van der Waals surface area contributed by atoms with Crippen molar-refractivity contribution in [3.63, 3.8) is 0 Å². The Labute approximate surface area is 115 Å². The van der Waals surface area contributed by atoms with E-state index in [1.165, 1.54) is 11.3 Å². The van der Waals surface area contributed by atoms with Gasteiger partial charge in [-0.2, -0.15) is 0 Å². The van der Waals surface area contributed by atoms with Gasteiger partial charge >= 0.3 is 0 Å². The summed E-state index contributed by atoms with van der Waals surface area (Å²) in [4.78, 5) is 0. The van der Waals surface area contributed by atoms with Gasteiger partial charge in [-0.15, -0.1) is 0 Å². The number of phenolic OH excluding ortho intramolecular Hbond substituents is 1. The van der Waals surface area contributed by atoms with Gasteiger partial charge in [-0.1, -0.05) is 19.9 Å². The van der Waals surface area contributed by atoms with Crippen LogP contribution in [0.25, 0.3) is 10.9 Å². The second kappa shape index (κ2) is 5.25. The first-order chi connectivity index (χ1) is 8.99. The summed E-state index contributed by atoms with van der Waals surface area (Å²) >= 11 is 0. The van der Waals surface area contributed by atoms with Crippen LogP contribution in [-0.2, 0) is 6.42 Å². The molecule has 0 atom stereocenters. The van der Waals surface area contributed by atoms with Crippen molar-refractivity contribution in [2.45, 2.75) is 46.1 Å². The van der Waals surface area contributed by atoms with Crippen LogP contribution in [0.5, 0.6) is 5.75 Å². The number of phenols is 1. The van der Waals surface area contributed by atoms with E-state index in [4.69, 9.17) is 5.73 Å². The van der Waals surface area contributed by atoms with Gasteiger partial charge in [-0.3, -0.25) is 0 Å². The Morgan fingerprint density at radius 2 is 1.89 bits per heavy atom. The molecule has 0 fully saturated rings. The predicted molar refractivity (Wildman–Crippen MR) is 80.8 cm³/mol. The van der Waals surface area contributed by atoms with Crippen molar-refractivity contribution in [2.75, 3.05) is 6.54 Å². The fourth-order valence-electron chi connectivity index (χ4n) is 3.02. The molecule has 0 amide bonds. The summed E-state index contributed by atoms with van der Waals surface area (Å²) in [6.07, 6.45) is 0.807. The van der Waals surface area contributed by atoms with E-state index < -0.39 is 0 Å². The number of nitrogens with zero attached hydrogens (tertiary/aromatic N) is 1. The largest absolute Gasteiger partial charge is 0.507 e. The van der Waals surface area contributed by atoms with E-state index in [1.54, 1.807) is 6.07 Å². The second-order valence-electron chi connectivity index (χ2n) is 5.69. The van der Waals surface area contributed by atoms with Crippen LogP contribution in [0.2, 0.25) is 0 Å². The molecule has 0 bridgehead atoms. The SMILES string of the molecule is CC(C)c1c(CCN)c2c(O)cccc2n1C(C)C. The number of hydrogen-bond donors (Lipinski definition) is 2. The Bertz CT molecular complexity index is 582. The Hall–Kier alpha value is -1.48. The molecule has 0 unspecified atom stereocenters. The molecule has 19 heavy (non-hydrogen) atoms. The second-order valence-corrected chi connectivity index (χ2v) is 5.69. The van der Waals surface area contributed by atoms with E-state index in [0.29, 0.717) is 24.3 Å². The van der Waals surface area contributed by atoms with Crippen LogP contribution < -0.4 is 5.73 Å². The monoisotopic (exact) mass is 260 g/mol. The van der Waals surface area contributed by atoms with Crippen LogP contribution in [0.3, 0.4) is 0 Å². The maximum absolute atomic E-state index is 10.2. The lowest BCUT2D eigenvalue weighted by molar-refractivity contribution is 0.481. The normalized spacial score (nSPS) is 11.9. The van der Waals surface area contributed by atoms with Crippen molar-refractivity contribution < 1.29 is 5.11 Å². The number of aromatic hydroxyl groups is 1. The van der Waals surface area contributed by atoms with Crippen LogP contribution >= 0.6 is 0 Å². The smallest absolute Gasteiger partial charge is 0.125 e. The summed E-state index contributed by atoms with van der Waals surface area (Å²) in [5.74, 6) is 0.776. The summed E-state index contributed by atoms with van der Waals surface area (Å²) in [5, 5.41) is 11.2. The molecule has 0 aliphatic heterocycles. The molecule has 1 aromatic heterocycles. The third-order valence-corrected chi connectivity index (χ3v) is 3.61. The van der Waals surface area contributed by atoms with Gasteiger partial charge in [0, 0.05) is 17.1 Å². The van der Waals surface area contributed by atoms with E-state index in [0.717, 1.165) is 17.3 Å². The van der Waals surface area contributed by atoms with Crippen LogP contribution in [0.15, 0.2) is 18.2 Å². The number of aromatic nitrogens is 1. The molecule has 104 valence electrons. The van der Waals surface area contributed by atoms with Crippen molar-refractivity contribution in [3.8, 4) is 5.75 Å². The lowest BCUT2D eigenvalue weighted by Crippen LogP contribution is -2.10. The topological polar surface area (TPSA) is 51.2 Å². The van der Waals surface area contributed by atoms with Gasteiger partial charge < -0.3 is 15.4 Å². The summed E-state index contributed by atoms with van der Waals surface area (Å²) in [7, 11) is 0. The highest BCUT2D eigenvalue weighted by molar-refractivity contribution is 5.91. The Balaban J connectivity index is 2.90. The first kappa shape index (κ1) is 13.9. The molecule has 0 aliphatic carbocycles. The molecule has 1 heterocycles. The van der Waals surface area contributed by atoms with Crippen molar-refractivity contribution in [2.24, 2.45) is 5.73 Å².